The Morgan fingerprint density at radius 3 is 2.32 bits per heavy atom. The van der Waals surface area contributed by atoms with E-state index in [0.717, 1.165) is 6.08 Å². The van der Waals surface area contributed by atoms with Gasteiger partial charge in [0, 0.05) is 19.2 Å². The summed E-state index contributed by atoms with van der Waals surface area (Å²) in [6.45, 7) is -0.129. The van der Waals surface area contributed by atoms with Crippen LogP contribution in [0.25, 0.3) is 6.08 Å². The number of methoxy groups -OCH3 is 2. The number of hydrogen-bond donors (Lipinski definition) is 0. The van der Waals surface area contributed by atoms with Crippen molar-refractivity contribution >= 4 is 29.6 Å². The second kappa shape index (κ2) is 12.2. The average Bonchev–Trinajstić information content (AvgIpc) is 2.70. The van der Waals surface area contributed by atoms with Gasteiger partial charge >= 0.3 is 5.97 Å². The van der Waals surface area contributed by atoms with Gasteiger partial charge in [-0.2, -0.15) is 10.5 Å². The van der Waals surface area contributed by atoms with Crippen molar-refractivity contribution in [3.8, 4) is 23.6 Å². The average molecular weight is 406 g/mol. The van der Waals surface area contributed by atoms with Crippen molar-refractivity contribution < 1.29 is 23.8 Å². The minimum Gasteiger partial charge on any atom is -0.493 e. The molecule has 0 heterocycles. The van der Waals surface area contributed by atoms with Crippen LogP contribution in [0.1, 0.15) is 18.4 Å². The van der Waals surface area contributed by atoms with Crippen molar-refractivity contribution in [2.75, 3.05) is 33.9 Å². The second-order valence-corrected chi connectivity index (χ2v) is 5.78. The van der Waals surface area contributed by atoms with Gasteiger partial charge < -0.3 is 19.1 Å². The zero-order valence-corrected chi connectivity index (χ0v) is 16.4. The molecule has 148 valence electrons. The molecule has 1 amide bonds. The highest BCUT2D eigenvalue weighted by Gasteiger charge is 2.15. The molecule has 0 spiro atoms. The van der Waals surface area contributed by atoms with Gasteiger partial charge in [0.2, 0.25) is 0 Å². The number of esters is 1. The molecule has 0 fully saturated rings. The largest absolute Gasteiger partial charge is 0.493 e. The normalized spacial score (nSPS) is 10.0. The number of carbonyl (C=O) groups excluding carboxylic acids is 2. The van der Waals surface area contributed by atoms with Crippen LogP contribution in [-0.4, -0.2) is 50.7 Å². The molecule has 9 heteroatoms. The van der Waals surface area contributed by atoms with E-state index >= 15 is 0 Å². The number of benzene rings is 1. The van der Waals surface area contributed by atoms with Crippen molar-refractivity contribution in [1.29, 1.82) is 10.5 Å². The topological polar surface area (TPSA) is 113 Å². The maximum Gasteiger partial charge on any atom is 0.331 e. The van der Waals surface area contributed by atoms with Gasteiger partial charge in [-0.3, -0.25) is 4.79 Å². The smallest absolute Gasteiger partial charge is 0.331 e. The van der Waals surface area contributed by atoms with E-state index in [9.17, 15) is 9.59 Å². The van der Waals surface area contributed by atoms with Crippen LogP contribution in [0.15, 0.2) is 18.2 Å². The lowest BCUT2D eigenvalue weighted by molar-refractivity contribution is -0.148. The van der Waals surface area contributed by atoms with Crippen LogP contribution in [0.3, 0.4) is 0 Å². The number of rotatable bonds is 10. The molecule has 0 aliphatic rings. The molecule has 8 nitrogen and oxygen atoms in total. The fourth-order valence-electron chi connectivity index (χ4n) is 2.20. The van der Waals surface area contributed by atoms with Gasteiger partial charge in [-0.15, -0.1) is 0 Å². The van der Waals surface area contributed by atoms with Crippen molar-refractivity contribution in [3.05, 3.63) is 28.8 Å². The van der Waals surface area contributed by atoms with E-state index in [1.165, 1.54) is 25.2 Å². The minimum absolute atomic E-state index is 0.130. The summed E-state index contributed by atoms with van der Waals surface area (Å²) < 4.78 is 15.2. The number of ether oxygens (including phenoxy) is 3. The first kappa shape index (κ1) is 22.8. The van der Waals surface area contributed by atoms with Crippen LogP contribution >= 0.6 is 11.6 Å². The molecule has 0 bridgehead atoms. The van der Waals surface area contributed by atoms with Gasteiger partial charge in [-0.05, 0) is 23.8 Å². The predicted molar refractivity (Wildman–Crippen MR) is 102 cm³/mol. The maximum atomic E-state index is 12.1. The Bertz CT molecular complexity index is 793. The summed E-state index contributed by atoms with van der Waals surface area (Å²) in [7, 11) is 2.93. The van der Waals surface area contributed by atoms with Crippen LogP contribution in [0, 0.1) is 22.7 Å². The Kier molecular flexibility index (Phi) is 9.95. The Morgan fingerprint density at radius 2 is 1.79 bits per heavy atom. The predicted octanol–water partition coefficient (Wildman–Crippen LogP) is 2.57. The quantitative estimate of drug-likeness (QED) is 0.434. The first-order valence-electron chi connectivity index (χ1n) is 8.24. The number of hydrogen-bond acceptors (Lipinski definition) is 7. The van der Waals surface area contributed by atoms with Crippen molar-refractivity contribution in [2.24, 2.45) is 0 Å². The fourth-order valence-corrected chi connectivity index (χ4v) is 2.50. The van der Waals surface area contributed by atoms with E-state index in [4.69, 9.17) is 36.3 Å². The zero-order chi connectivity index (χ0) is 20.9. The van der Waals surface area contributed by atoms with Crippen LogP contribution in [-0.2, 0) is 14.3 Å². The summed E-state index contributed by atoms with van der Waals surface area (Å²) in [5, 5.41) is 17.6. The Morgan fingerprint density at radius 1 is 1.14 bits per heavy atom. The molecule has 0 aliphatic carbocycles. The van der Waals surface area contributed by atoms with E-state index in [1.54, 1.807) is 12.1 Å². The van der Waals surface area contributed by atoms with Gasteiger partial charge in [-0.1, -0.05) is 11.6 Å². The molecule has 1 rings (SSSR count). The third-order valence-corrected chi connectivity index (χ3v) is 3.83. The van der Waals surface area contributed by atoms with Crippen molar-refractivity contribution in [2.45, 2.75) is 12.8 Å². The standard InChI is InChI=1S/C19H20ClN3O5/c1-26-16-12-14(11-15(20)19(16)27-2)5-6-18(25)28-13-17(24)23(9-3-7-21)10-4-8-22/h5-6,11-12H,3-4,9-10,13H2,1-2H3/b6-5+. The molecule has 0 saturated heterocycles. The highest BCUT2D eigenvalue weighted by molar-refractivity contribution is 6.32. The van der Waals surface area contributed by atoms with Gasteiger partial charge in [0.1, 0.15) is 0 Å². The van der Waals surface area contributed by atoms with E-state index in [1.807, 2.05) is 12.1 Å². The maximum absolute atomic E-state index is 12.1. The lowest BCUT2D eigenvalue weighted by Crippen LogP contribution is -2.36. The molecule has 0 radical (unpaired) electrons. The first-order valence-corrected chi connectivity index (χ1v) is 8.62. The number of nitrogens with zero attached hydrogens (tertiary/aromatic N) is 3. The van der Waals surface area contributed by atoms with Gasteiger partial charge in [0.25, 0.3) is 5.91 Å². The third kappa shape index (κ3) is 7.18. The SMILES string of the molecule is COc1cc(/C=C/C(=O)OCC(=O)N(CCC#N)CCC#N)cc(Cl)c1OC. The van der Waals surface area contributed by atoms with Crippen LogP contribution in [0.5, 0.6) is 11.5 Å². The summed E-state index contributed by atoms with van der Waals surface area (Å²) in [4.78, 5) is 25.3. The summed E-state index contributed by atoms with van der Waals surface area (Å²) in [5.74, 6) is -0.408. The molecule has 0 N–H and O–H groups in total. The molecule has 1 aromatic carbocycles. The molecule has 0 atom stereocenters. The number of carbonyl (C=O) groups is 2. The lowest BCUT2D eigenvalue weighted by atomic mass is 10.2. The molecular weight excluding hydrogens is 386 g/mol. The van der Waals surface area contributed by atoms with Gasteiger partial charge in [0.05, 0.1) is 44.2 Å². The molecule has 0 aliphatic heterocycles. The van der Waals surface area contributed by atoms with Crippen LogP contribution < -0.4 is 9.47 Å². The number of nitriles is 2. The minimum atomic E-state index is -0.722. The Labute approximate surface area is 168 Å². The molecule has 0 unspecified atom stereocenters. The third-order valence-electron chi connectivity index (χ3n) is 3.55. The first-order chi connectivity index (χ1) is 13.5. The highest BCUT2D eigenvalue weighted by atomic mass is 35.5. The van der Waals surface area contributed by atoms with Crippen LogP contribution in [0.4, 0.5) is 0 Å². The second-order valence-electron chi connectivity index (χ2n) is 5.38. The lowest BCUT2D eigenvalue weighted by Gasteiger charge is -2.19. The number of amides is 1. The highest BCUT2D eigenvalue weighted by Crippen LogP contribution is 2.36. The zero-order valence-electron chi connectivity index (χ0n) is 15.6. The summed E-state index contributed by atoms with van der Waals surface area (Å²) >= 11 is 6.10. The molecule has 0 saturated carbocycles. The van der Waals surface area contributed by atoms with Crippen molar-refractivity contribution in [1.82, 2.24) is 4.90 Å². The van der Waals surface area contributed by atoms with Crippen LogP contribution in [0.2, 0.25) is 5.02 Å². The van der Waals surface area contributed by atoms with E-state index in [-0.39, 0.29) is 25.9 Å². The number of halogens is 1. The van der Waals surface area contributed by atoms with Gasteiger partial charge in [-0.25, -0.2) is 4.79 Å². The molecule has 1 aromatic rings. The summed E-state index contributed by atoms with van der Waals surface area (Å²) in [6.07, 6.45) is 2.87. The van der Waals surface area contributed by atoms with Gasteiger partial charge in [0.15, 0.2) is 18.1 Å². The summed E-state index contributed by atoms with van der Waals surface area (Å²) in [5.41, 5.74) is 0.579. The van der Waals surface area contributed by atoms with E-state index in [2.05, 4.69) is 0 Å². The van der Waals surface area contributed by atoms with Crippen molar-refractivity contribution in [3.63, 3.8) is 0 Å². The molecule has 28 heavy (non-hydrogen) atoms. The molecular formula is C19H20ClN3O5. The van der Waals surface area contributed by atoms with E-state index < -0.39 is 18.5 Å². The monoisotopic (exact) mass is 405 g/mol. The summed E-state index contributed by atoms with van der Waals surface area (Å²) in [6, 6.07) is 7.08. The Hall–Kier alpha value is -3.23. The van der Waals surface area contributed by atoms with E-state index in [0.29, 0.717) is 22.1 Å². The Balaban J connectivity index is 2.68. The fraction of sp³-hybridized carbons (Fsp3) is 0.368. The molecule has 0 aromatic heterocycles.